The van der Waals surface area contributed by atoms with Crippen LogP contribution in [-0.2, 0) is 11.8 Å². The van der Waals surface area contributed by atoms with Gasteiger partial charge in [0.1, 0.15) is 0 Å². The topological polar surface area (TPSA) is 53.1 Å². The Labute approximate surface area is 107 Å². The normalized spacial score (nSPS) is 20.7. The van der Waals surface area contributed by atoms with E-state index in [0.717, 1.165) is 18.5 Å². The van der Waals surface area contributed by atoms with Crippen LogP contribution in [0.4, 0.5) is 0 Å². The molecule has 0 aliphatic heterocycles. The van der Waals surface area contributed by atoms with E-state index >= 15 is 0 Å². The summed E-state index contributed by atoms with van der Waals surface area (Å²) >= 11 is 6.16. The zero-order chi connectivity index (χ0) is 12.5. The highest BCUT2D eigenvalue weighted by Crippen LogP contribution is 2.42. The van der Waals surface area contributed by atoms with Crippen LogP contribution in [0.1, 0.15) is 44.3 Å². The number of hydrogen-bond acceptors (Lipinski definition) is 3. The van der Waals surface area contributed by atoms with Crippen LogP contribution < -0.4 is 5.73 Å². The van der Waals surface area contributed by atoms with Crippen molar-refractivity contribution < 1.29 is 4.74 Å². The van der Waals surface area contributed by atoms with E-state index in [1.54, 1.807) is 10.9 Å². The summed E-state index contributed by atoms with van der Waals surface area (Å²) in [5.41, 5.74) is 7.02. The molecule has 1 fully saturated rings. The Bertz CT molecular complexity index is 366. The maximum atomic E-state index is 6.40. The van der Waals surface area contributed by atoms with Crippen molar-refractivity contribution in [1.29, 1.82) is 0 Å². The van der Waals surface area contributed by atoms with Gasteiger partial charge in [0.05, 0.1) is 28.6 Å². The molecule has 1 aliphatic rings. The van der Waals surface area contributed by atoms with E-state index in [9.17, 15) is 0 Å². The van der Waals surface area contributed by atoms with E-state index in [1.165, 1.54) is 12.8 Å². The zero-order valence-corrected chi connectivity index (χ0v) is 11.2. The van der Waals surface area contributed by atoms with Crippen molar-refractivity contribution in [3.05, 3.63) is 16.9 Å². The molecule has 2 rings (SSSR count). The zero-order valence-electron chi connectivity index (χ0n) is 10.4. The lowest BCUT2D eigenvalue weighted by Gasteiger charge is -2.35. The highest BCUT2D eigenvalue weighted by atomic mass is 35.5. The molecule has 1 unspecified atom stereocenters. The quantitative estimate of drug-likeness (QED) is 0.901. The Hall–Kier alpha value is -0.580. The Morgan fingerprint density at radius 2 is 2.24 bits per heavy atom. The SMILES string of the molecule is CCOC1(C(N)c2c(Cl)cnn2C)CCCC1. The largest absolute Gasteiger partial charge is 0.373 e. The summed E-state index contributed by atoms with van der Waals surface area (Å²) in [6, 6.07) is -0.204. The number of ether oxygens (including phenoxy) is 1. The Morgan fingerprint density at radius 3 is 2.71 bits per heavy atom. The number of rotatable bonds is 4. The first-order valence-electron chi connectivity index (χ1n) is 6.17. The van der Waals surface area contributed by atoms with Crippen molar-refractivity contribution in [2.24, 2.45) is 12.8 Å². The van der Waals surface area contributed by atoms with Crippen molar-refractivity contribution in [1.82, 2.24) is 9.78 Å². The standard InChI is InChI=1S/C12H20ClN3O/c1-3-17-12(6-4-5-7-12)11(14)10-9(13)8-15-16(10)2/h8,11H,3-7,14H2,1-2H3. The maximum absolute atomic E-state index is 6.40. The predicted molar refractivity (Wildman–Crippen MR) is 68.0 cm³/mol. The highest BCUT2D eigenvalue weighted by Gasteiger charge is 2.43. The molecule has 0 amide bonds. The average molecular weight is 258 g/mol. The number of halogens is 1. The Kier molecular flexibility index (Phi) is 3.76. The predicted octanol–water partition coefficient (Wildman–Crippen LogP) is 2.42. The molecule has 1 aromatic rings. The summed E-state index contributed by atoms with van der Waals surface area (Å²) in [6.07, 6.45) is 5.99. The van der Waals surface area contributed by atoms with Gasteiger partial charge < -0.3 is 10.5 Å². The van der Waals surface area contributed by atoms with Crippen molar-refractivity contribution in [3.63, 3.8) is 0 Å². The van der Waals surface area contributed by atoms with E-state index in [1.807, 2.05) is 14.0 Å². The van der Waals surface area contributed by atoms with Crippen LogP contribution in [0, 0.1) is 0 Å². The van der Waals surface area contributed by atoms with Crippen LogP contribution in [0.2, 0.25) is 5.02 Å². The molecular formula is C12H20ClN3O. The maximum Gasteiger partial charge on any atom is 0.0889 e. The minimum absolute atomic E-state index is 0.204. The van der Waals surface area contributed by atoms with Crippen molar-refractivity contribution >= 4 is 11.6 Å². The molecule has 17 heavy (non-hydrogen) atoms. The second kappa shape index (κ2) is 4.96. The summed E-state index contributed by atoms with van der Waals surface area (Å²) < 4.78 is 7.72. The molecule has 1 aromatic heterocycles. The third kappa shape index (κ3) is 2.21. The third-order valence-corrected chi connectivity index (χ3v) is 3.97. The summed E-state index contributed by atoms with van der Waals surface area (Å²) in [5, 5.41) is 4.78. The van der Waals surface area contributed by atoms with Gasteiger partial charge in [0.15, 0.2) is 0 Å². The van der Waals surface area contributed by atoms with Crippen LogP contribution in [-0.4, -0.2) is 22.0 Å². The van der Waals surface area contributed by atoms with Gasteiger partial charge >= 0.3 is 0 Å². The van der Waals surface area contributed by atoms with Crippen molar-refractivity contribution in [3.8, 4) is 0 Å². The first kappa shape index (κ1) is 12.9. The Morgan fingerprint density at radius 1 is 1.59 bits per heavy atom. The fourth-order valence-electron chi connectivity index (χ4n) is 2.83. The molecule has 1 heterocycles. The summed E-state index contributed by atoms with van der Waals surface area (Å²) in [4.78, 5) is 0. The first-order valence-corrected chi connectivity index (χ1v) is 6.55. The molecule has 5 heteroatoms. The molecule has 96 valence electrons. The number of nitrogens with two attached hydrogens (primary N) is 1. The molecule has 0 bridgehead atoms. The molecule has 2 N–H and O–H groups in total. The van der Waals surface area contributed by atoms with Crippen molar-refractivity contribution in [2.45, 2.75) is 44.2 Å². The van der Waals surface area contributed by atoms with E-state index < -0.39 is 0 Å². The number of aryl methyl sites for hydroxylation is 1. The van der Waals surface area contributed by atoms with Crippen LogP contribution in [0.15, 0.2) is 6.20 Å². The lowest BCUT2D eigenvalue weighted by Crippen LogP contribution is -2.42. The number of aromatic nitrogens is 2. The lowest BCUT2D eigenvalue weighted by molar-refractivity contribution is -0.0551. The van der Waals surface area contributed by atoms with Crippen LogP contribution in [0.25, 0.3) is 0 Å². The lowest BCUT2D eigenvalue weighted by atomic mass is 9.90. The van der Waals surface area contributed by atoms with Crippen LogP contribution in [0.5, 0.6) is 0 Å². The van der Waals surface area contributed by atoms with Gasteiger partial charge in [-0.25, -0.2) is 0 Å². The second-order valence-corrected chi connectivity index (χ2v) is 5.09. The molecule has 4 nitrogen and oxygen atoms in total. The van der Waals surface area contributed by atoms with Crippen molar-refractivity contribution in [2.75, 3.05) is 6.61 Å². The number of nitrogens with zero attached hydrogens (tertiary/aromatic N) is 2. The molecule has 1 saturated carbocycles. The molecule has 1 aliphatic carbocycles. The van der Waals surface area contributed by atoms with E-state index in [0.29, 0.717) is 11.6 Å². The molecule has 0 radical (unpaired) electrons. The molecule has 0 saturated heterocycles. The monoisotopic (exact) mass is 257 g/mol. The summed E-state index contributed by atoms with van der Waals surface area (Å²) in [6.45, 7) is 2.70. The average Bonchev–Trinajstić information content (AvgIpc) is 2.88. The Balaban J connectivity index is 2.31. The van der Waals surface area contributed by atoms with E-state index in [-0.39, 0.29) is 11.6 Å². The first-order chi connectivity index (χ1) is 8.10. The van der Waals surface area contributed by atoms with Gasteiger partial charge in [-0.15, -0.1) is 0 Å². The minimum atomic E-state index is -0.258. The molecule has 1 atom stereocenters. The smallest absolute Gasteiger partial charge is 0.0889 e. The van der Waals surface area contributed by atoms with Gasteiger partial charge in [0, 0.05) is 13.7 Å². The van der Waals surface area contributed by atoms with Gasteiger partial charge in [-0.3, -0.25) is 4.68 Å². The fourth-order valence-corrected chi connectivity index (χ4v) is 3.11. The van der Waals surface area contributed by atoms with E-state index in [4.69, 9.17) is 22.1 Å². The molecule has 0 aromatic carbocycles. The summed E-state index contributed by atoms with van der Waals surface area (Å²) in [5.74, 6) is 0. The minimum Gasteiger partial charge on any atom is -0.373 e. The molecular weight excluding hydrogens is 238 g/mol. The highest BCUT2D eigenvalue weighted by molar-refractivity contribution is 6.31. The van der Waals surface area contributed by atoms with Gasteiger partial charge in [0.25, 0.3) is 0 Å². The van der Waals surface area contributed by atoms with Gasteiger partial charge in [-0.2, -0.15) is 5.10 Å². The fraction of sp³-hybridized carbons (Fsp3) is 0.750. The number of hydrogen-bond donors (Lipinski definition) is 1. The summed E-state index contributed by atoms with van der Waals surface area (Å²) in [7, 11) is 1.87. The van der Waals surface area contributed by atoms with Crippen LogP contribution in [0.3, 0.4) is 0 Å². The molecule has 0 spiro atoms. The van der Waals surface area contributed by atoms with Gasteiger partial charge in [-0.05, 0) is 19.8 Å². The van der Waals surface area contributed by atoms with Crippen LogP contribution >= 0.6 is 11.6 Å². The second-order valence-electron chi connectivity index (χ2n) is 4.68. The third-order valence-electron chi connectivity index (χ3n) is 3.68. The van der Waals surface area contributed by atoms with Gasteiger partial charge in [0.2, 0.25) is 0 Å². The van der Waals surface area contributed by atoms with E-state index in [2.05, 4.69) is 5.10 Å². The van der Waals surface area contributed by atoms with Gasteiger partial charge in [-0.1, -0.05) is 24.4 Å².